The summed E-state index contributed by atoms with van der Waals surface area (Å²) >= 11 is 0. The molecule has 7 nitrogen and oxygen atoms in total. The summed E-state index contributed by atoms with van der Waals surface area (Å²) in [4.78, 5) is 38.2. The molecule has 0 heterocycles. The molecule has 3 aromatic rings. The zero-order valence-corrected chi connectivity index (χ0v) is 21.2. The maximum absolute atomic E-state index is 14.3. The fraction of sp³-hybridized carbons (Fsp3) is 0.300. The minimum atomic E-state index is -1.22. The Hall–Kier alpha value is -4.20. The second-order valence-electron chi connectivity index (χ2n) is 9.42. The Balaban J connectivity index is 1.40. The van der Waals surface area contributed by atoms with Gasteiger partial charge >= 0.3 is 12.1 Å². The number of nitrogens with one attached hydrogen (secondary N) is 2. The van der Waals surface area contributed by atoms with Gasteiger partial charge in [0, 0.05) is 12.1 Å². The summed E-state index contributed by atoms with van der Waals surface area (Å²) in [5.41, 5.74) is 2.42. The topological polar surface area (TPSA) is 93.7 Å². The van der Waals surface area contributed by atoms with Crippen LogP contribution in [0.15, 0.2) is 78.9 Å². The van der Waals surface area contributed by atoms with Crippen molar-refractivity contribution in [3.8, 4) is 0 Å². The van der Waals surface area contributed by atoms with Gasteiger partial charge in [-0.1, -0.05) is 67.6 Å². The van der Waals surface area contributed by atoms with Gasteiger partial charge in [-0.3, -0.25) is 4.79 Å². The van der Waals surface area contributed by atoms with E-state index in [4.69, 9.17) is 9.47 Å². The Morgan fingerprint density at radius 3 is 2.08 bits per heavy atom. The SMILES string of the molecule is CCC1(c2cc(F)cc(C(=O)NC[C@@H](NC(=O)OCc3ccccc3)C(=O)OCc3ccccc3)c2)CC1. The molecule has 2 amide bonds. The van der Waals surface area contributed by atoms with Crippen LogP contribution < -0.4 is 10.6 Å². The Bertz CT molecular complexity index is 1260. The lowest BCUT2D eigenvalue weighted by Gasteiger charge is -2.19. The summed E-state index contributed by atoms with van der Waals surface area (Å²) in [5.74, 6) is -1.79. The number of carbonyl (C=O) groups is 3. The number of amides is 2. The van der Waals surface area contributed by atoms with Crippen LogP contribution in [0.25, 0.3) is 0 Å². The van der Waals surface area contributed by atoms with Crippen LogP contribution >= 0.6 is 0 Å². The van der Waals surface area contributed by atoms with Crippen molar-refractivity contribution in [1.29, 1.82) is 0 Å². The third-order valence-corrected chi connectivity index (χ3v) is 6.78. The molecule has 0 saturated heterocycles. The second-order valence-corrected chi connectivity index (χ2v) is 9.42. The van der Waals surface area contributed by atoms with Gasteiger partial charge in [0.25, 0.3) is 5.91 Å². The summed E-state index contributed by atoms with van der Waals surface area (Å²) in [7, 11) is 0. The van der Waals surface area contributed by atoms with Gasteiger partial charge in [-0.05, 0) is 59.6 Å². The standard InChI is InChI=1S/C30H31FN2O5/c1-2-30(13-14-30)24-15-23(16-25(31)17-24)27(34)32-18-26(28(35)37-19-21-9-5-3-6-10-21)33-29(36)38-20-22-11-7-4-8-12-22/h3-12,15-17,26H,2,13-14,18-20H2,1H3,(H,32,34)(H,33,36)/t26-/m1/s1. The van der Waals surface area contributed by atoms with Gasteiger partial charge in [0.1, 0.15) is 25.1 Å². The molecule has 0 spiro atoms. The van der Waals surface area contributed by atoms with Crippen LogP contribution in [0.5, 0.6) is 0 Å². The Labute approximate surface area is 221 Å². The van der Waals surface area contributed by atoms with E-state index >= 15 is 0 Å². The number of halogens is 1. The maximum Gasteiger partial charge on any atom is 0.408 e. The first kappa shape index (κ1) is 26.9. The molecule has 1 aliphatic carbocycles. The number of esters is 1. The zero-order valence-electron chi connectivity index (χ0n) is 21.2. The normalized spacial score (nSPS) is 14.2. The highest BCUT2D eigenvalue weighted by Gasteiger charge is 2.42. The molecule has 1 fully saturated rings. The number of rotatable bonds is 11. The summed E-state index contributed by atoms with van der Waals surface area (Å²) in [6.07, 6.45) is 1.94. The molecule has 0 unspecified atom stereocenters. The van der Waals surface area contributed by atoms with E-state index in [2.05, 4.69) is 10.6 Å². The highest BCUT2D eigenvalue weighted by molar-refractivity contribution is 5.95. The predicted molar refractivity (Wildman–Crippen MR) is 140 cm³/mol. The molecule has 4 rings (SSSR count). The number of carbonyl (C=O) groups excluding carboxylic acids is 3. The van der Waals surface area contributed by atoms with Crippen molar-refractivity contribution in [3.63, 3.8) is 0 Å². The minimum Gasteiger partial charge on any atom is -0.459 e. The molecule has 1 atom stereocenters. The molecule has 8 heteroatoms. The van der Waals surface area contributed by atoms with Crippen molar-refractivity contribution in [2.75, 3.05) is 6.54 Å². The van der Waals surface area contributed by atoms with Crippen molar-refractivity contribution in [2.45, 2.75) is 50.9 Å². The Morgan fingerprint density at radius 1 is 0.895 bits per heavy atom. The van der Waals surface area contributed by atoms with Crippen LogP contribution in [0.3, 0.4) is 0 Å². The van der Waals surface area contributed by atoms with E-state index in [0.29, 0.717) is 0 Å². The predicted octanol–water partition coefficient (Wildman–Crippen LogP) is 5.04. The average molecular weight is 519 g/mol. The third-order valence-electron chi connectivity index (χ3n) is 6.78. The Morgan fingerprint density at radius 2 is 1.50 bits per heavy atom. The third kappa shape index (κ3) is 7.18. The largest absolute Gasteiger partial charge is 0.459 e. The minimum absolute atomic E-state index is 0.00276. The number of hydrogen-bond donors (Lipinski definition) is 2. The summed E-state index contributed by atoms with van der Waals surface area (Å²) < 4.78 is 24.9. The van der Waals surface area contributed by atoms with Crippen molar-refractivity contribution < 1.29 is 28.2 Å². The van der Waals surface area contributed by atoms with E-state index < -0.39 is 29.8 Å². The lowest BCUT2D eigenvalue weighted by atomic mass is 9.91. The van der Waals surface area contributed by atoms with Gasteiger partial charge in [0.15, 0.2) is 0 Å². The Kier molecular flexibility index (Phi) is 8.73. The molecule has 198 valence electrons. The van der Waals surface area contributed by atoms with E-state index in [1.165, 1.54) is 6.07 Å². The van der Waals surface area contributed by atoms with Gasteiger partial charge in [-0.15, -0.1) is 0 Å². The van der Waals surface area contributed by atoms with E-state index in [-0.39, 0.29) is 30.7 Å². The molecular formula is C30H31FN2O5. The van der Waals surface area contributed by atoms with Gasteiger partial charge in [0.05, 0.1) is 0 Å². The van der Waals surface area contributed by atoms with Crippen LogP contribution in [0.4, 0.5) is 9.18 Å². The number of hydrogen-bond acceptors (Lipinski definition) is 5. The summed E-state index contributed by atoms with van der Waals surface area (Å²) in [6.45, 7) is 1.79. The van der Waals surface area contributed by atoms with Crippen molar-refractivity contribution in [2.24, 2.45) is 0 Å². The first-order valence-electron chi connectivity index (χ1n) is 12.7. The van der Waals surface area contributed by atoms with E-state index in [0.717, 1.165) is 42.0 Å². The van der Waals surface area contributed by atoms with E-state index in [1.54, 1.807) is 30.3 Å². The van der Waals surface area contributed by atoms with Gasteiger partial charge < -0.3 is 20.1 Å². The van der Waals surface area contributed by atoms with Crippen LogP contribution in [-0.2, 0) is 32.9 Å². The van der Waals surface area contributed by atoms with Crippen LogP contribution in [-0.4, -0.2) is 30.6 Å². The second kappa shape index (κ2) is 12.4. The molecule has 1 saturated carbocycles. The van der Waals surface area contributed by atoms with Gasteiger partial charge in [-0.25, -0.2) is 14.0 Å². The summed E-state index contributed by atoms with van der Waals surface area (Å²) in [6, 6.07) is 21.3. The lowest BCUT2D eigenvalue weighted by Crippen LogP contribution is -2.49. The van der Waals surface area contributed by atoms with Crippen LogP contribution in [0.2, 0.25) is 0 Å². The smallest absolute Gasteiger partial charge is 0.408 e. The molecule has 3 aromatic carbocycles. The van der Waals surface area contributed by atoms with Crippen LogP contribution in [0, 0.1) is 5.82 Å². The van der Waals surface area contributed by atoms with Crippen molar-refractivity contribution in [1.82, 2.24) is 10.6 Å². The molecule has 0 aliphatic heterocycles. The number of ether oxygens (including phenoxy) is 2. The molecule has 38 heavy (non-hydrogen) atoms. The van der Waals surface area contributed by atoms with Crippen LogP contribution in [0.1, 0.15) is 53.2 Å². The fourth-order valence-corrected chi connectivity index (χ4v) is 4.25. The first-order valence-corrected chi connectivity index (χ1v) is 12.7. The van der Waals surface area contributed by atoms with E-state index in [1.807, 2.05) is 43.3 Å². The lowest BCUT2D eigenvalue weighted by molar-refractivity contribution is -0.147. The van der Waals surface area contributed by atoms with Gasteiger partial charge in [0.2, 0.25) is 0 Å². The first-order chi connectivity index (χ1) is 18.4. The number of alkyl carbamates (subject to hydrolysis) is 1. The zero-order chi connectivity index (χ0) is 27.0. The molecule has 0 radical (unpaired) electrons. The average Bonchev–Trinajstić information content (AvgIpc) is 3.75. The van der Waals surface area contributed by atoms with Crippen molar-refractivity contribution in [3.05, 3.63) is 107 Å². The molecular weight excluding hydrogens is 487 g/mol. The molecule has 0 bridgehead atoms. The molecule has 0 aromatic heterocycles. The fourth-order valence-electron chi connectivity index (χ4n) is 4.25. The molecule has 1 aliphatic rings. The number of benzene rings is 3. The quantitative estimate of drug-likeness (QED) is 0.347. The van der Waals surface area contributed by atoms with E-state index in [9.17, 15) is 18.8 Å². The monoisotopic (exact) mass is 518 g/mol. The summed E-state index contributed by atoms with van der Waals surface area (Å²) in [5, 5.41) is 5.10. The van der Waals surface area contributed by atoms with Crippen molar-refractivity contribution >= 4 is 18.0 Å². The van der Waals surface area contributed by atoms with Gasteiger partial charge in [-0.2, -0.15) is 0 Å². The highest BCUT2D eigenvalue weighted by atomic mass is 19.1. The molecule has 2 N–H and O–H groups in total. The maximum atomic E-state index is 14.3. The highest BCUT2D eigenvalue weighted by Crippen LogP contribution is 2.51.